The molecule has 0 saturated carbocycles. The van der Waals surface area contributed by atoms with Gasteiger partial charge in [0.25, 0.3) is 0 Å². The highest BCUT2D eigenvalue weighted by Crippen LogP contribution is 2.19. The molecule has 1 atom stereocenters. The van der Waals surface area contributed by atoms with E-state index in [0.717, 1.165) is 5.56 Å². The average Bonchev–Trinajstić information content (AvgIpc) is 2.32. The van der Waals surface area contributed by atoms with E-state index in [4.69, 9.17) is 10.5 Å². The van der Waals surface area contributed by atoms with Crippen molar-refractivity contribution in [3.8, 4) is 12.1 Å². The lowest BCUT2D eigenvalue weighted by molar-refractivity contribution is -0.119. The maximum absolute atomic E-state index is 11.9. The summed E-state index contributed by atoms with van der Waals surface area (Å²) in [7, 11) is 0. The topological polar surface area (TPSA) is 76.7 Å². The number of nitrogens with zero attached hydrogens (tertiary/aromatic N) is 2. The maximum Gasteiger partial charge on any atom is 0.241 e. The van der Waals surface area contributed by atoms with Gasteiger partial charge in [-0.05, 0) is 30.5 Å². The maximum atomic E-state index is 11.9. The minimum atomic E-state index is -0.685. The Hall–Kier alpha value is -2.33. The van der Waals surface area contributed by atoms with Crippen molar-refractivity contribution in [2.45, 2.75) is 20.8 Å². The molecule has 1 aromatic carbocycles. The predicted molar refractivity (Wildman–Crippen MR) is 68.5 cm³/mol. The minimum Gasteiger partial charge on any atom is -0.325 e. The number of carbonyl (C=O) groups excluding carboxylic acids is 1. The van der Waals surface area contributed by atoms with Gasteiger partial charge in [0.05, 0.1) is 17.7 Å². The van der Waals surface area contributed by atoms with E-state index >= 15 is 0 Å². The Bertz CT molecular complexity index is 535. The quantitative estimate of drug-likeness (QED) is 0.883. The first-order chi connectivity index (χ1) is 8.49. The van der Waals surface area contributed by atoms with E-state index in [0.29, 0.717) is 11.3 Å². The van der Waals surface area contributed by atoms with Crippen LogP contribution in [0.15, 0.2) is 18.2 Å². The first-order valence-corrected chi connectivity index (χ1v) is 5.70. The third-order valence-electron chi connectivity index (χ3n) is 2.71. The molecule has 1 aromatic rings. The number of nitrogens with one attached hydrogen (secondary N) is 1. The SMILES string of the molecule is Cc1ccc(C#N)cc1NC(=O)C(C#N)C(C)C. The van der Waals surface area contributed by atoms with Crippen LogP contribution in [0.25, 0.3) is 0 Å². The summed E-state index contributed by atoms with van der Waals surface area (Å²) < 4.78 is 0. The lowest BCUT2D eigenvalue weighted by Crippen LogP contribution is -2.26. The molecule has 92 valence electrons. The number of carbonyl (C=O) groups is 1. The first-order valence-electron chi connectivity index (χ1n) is 5.70. The van der Waals surface area contributed by atoms with E-state index in [1.165, 1.54) is 0 Å². The predicted octanol–water partition coefficient (Wildman–Crippen LogP) is 2.60. The van der Waals surface area contributed by atoms with E-state index < -0.39 is 5.92 Å². The second-order valence-electron chi connectivity index (χ2n) is 4.48. The van der Waals surface area contributed by atoms with Crippen molar-refractivity contribution < 1.29 is 4.79 Å². The molecule has 4 nitrogen and oxygen atoms in total. The molecule has 1 rings (SSSR count). The molecular formula is C14H15N3O. The number of benzene rings is 1. The normalized spacial score (nSPS) is 11.4. The van der Waals surface area contributed by atoms with Gasteiger partial charge in [-0.25, -0.2) is 0 Å². The van der Waals surface area contributed by atoms with Gasteiger partial charge in [0.1, 0.15) is 5.92 Å². The molecule has 0 aromatic heterocycles. The van der Waals surface area contributed by atoms with E-state index in [1.54, 1.807) is 18.2 Å². The van der Waals surface area contributed by atoms with Crippen LogP contribution in [0.1, 0.15) is 25.0 Å². The van der Waals surface area contributed by atoms with Crippen molar-refractivity contribution in [1.82, 2.24) is 0 Å². The van der Waals surface area contributed by atoms with Crippen molar-refractivity contribution in [1.29, 1.82) is 10.5 Å². The van der Waals surface area contributed by atoms with Gasteiger partial charge in [-0.1, -0.05) is 19.9 Å². The van der Waals surface area contributed by atoms with E-state index in [2.05, 4.69) is 5.32 Å². The van der Waals surface area contributed by atoms with Gasteiger partial charge in [0.15, 0.2) is 0 Å². The number of rotatable bonds is 3. The number of hydrogen-bond donors (Lipinski definition) is 1. The smallest absolute Gasteiger partial charge is 0.241 e. The summed E-state index contributed by atoms with van der Waals surface area (Å²) >= 11 is 0. The third kappa shape index (κ3) is 3.09. The Morgan fingerprint density at radius 3 is 2.50 bits per heavy atom. The van der Waals surface area contributed by atoms with E-state index in [9.17, 15) is 4.79 Å². The molecule has 4 heteroatoms. The van der Waals surface area contributed by atoms with E-state index in [-0.39, 0.29) is 11.8 Å². The Labute approximate surface area is 107 Å². The van der Waals surface area contributed by atoms with Crippen molar-refractivity contribution in [2.75, 3.05) is 5.32 Å². The van der Waals surface area contributed by atoms with Crippen LogP contribution in [0.5, 0.6) is 0 Å². The summed E-state index contributed by atoms with van der Waals surface area (Å²) in [4.78, 5) is 11.9. The molecule has 1 amide bonds. The zero-order valence-corrected chi connectivity index (χ0v) is 10.7. The molecule has 0 bridgehead atoms. The monoisotopic (exact) mass is 241 g/mol. The van der Waals surface area contributed by atoms with Gasteiger partial charge in [0, 0.05) is 5.69 Å². The van der Waals surface area contributed by atoms with Crippen LogP contribution in [0.3, 0.4) is 0 Å². The van der Waals surface area contributed by atoms with Gasteiger partial charge in [-0.3, -0.25) is 4.79 Å². The van der Waals surface area contributed by atoms with Gasteiger partial charge < -0.3 is 5.32 Å². The fourth-order valence-corrected chi connectivity index (χ4v) is 1.55. The molecule has 1 N–H and O–H groups in total. The van der Waals surface area contributed by atoms with Crippen LogP contribution in [0.2, 0.25) is 0 Å². The molecule has 0 aliphatic heterocycles. The summed E-state index contributed by atoms with van der Waals surface area (Å²) in [6.45, 7) is 5.49. The molecule has 0 aliphatic rings. The minimum absolute atomic E-state index is 0.0468. The number of aryl methyl sites for hydroxylation is 1. The van der Waals surface area contributed by atoms with E-state index in [1.807, 2.05) is 32.9 Å². The van der Waals surface area contributed by atoms with Gasteiger partial charge in [0.2, 0.25) is 5.91 Å². The first kappa shape index (κ1) is 13.7. The zero-order chi connectivity index (χ0) is 13.7. The standard InChI is InChI=1S/C14H15N3O/c1-9(2)12(8-16)14(18)17-13-6-11(7-15)5-4-10(13)3/h4-6,9,12H,1-3H3,(H,17,18). The zero-order valence-electron chi connectivity index (χ0n) is 10.7. The number of amides is 1. The molecule has 0 spiro atoms. The van der Waals surface area contributed by atoms with Gasteiger partial charge in [-0.15, -0.1) is 0 Å². The number of hydrogen-bond acceptors (Lipinski definition) is 3. The number of nitriles is 2. The van der Waals surface area contributed by atoms with Crippen LogP contribution in [0, 0.1) is 41.4 Å². The molecule has 0 heterocycles. The molecular weight excluding hydrogens is 226 g/mol. The molecule has 0 fully saturated rings. The van der Waals surface area contributed by atoms with Crippen molar-refractivity contribution >= 4 is 11.6 Å². The lowest BCUT2D eigenvalue weighted by atomic mass is 9.96. The van der Waals surface area contributed by atoms with Crippen LogP contribution in [-0.4, -0.2) is 5.91 Å². The Morgan fingerprint density at radius 2 is 2.00 bits per heavy atom. The summed E-state index contributed by atoms with van der Waals surface area (Å²) in [6, 6.07) is 9.08. The van der Waals surface area contributed by atoms with Crippen LogP contribution >= 0.6 is 0 Å². The third-order valence-corrected chi connectivity index (χ3v) is 2.71. The van der Waals surface area contributed by atoms with Crippen molar-refractivity contribution in [3.05, 3.63) is 29.3 Å². The summed E-state index contributed by atoms with van der Waals surface area (Å²) in [6.07, 6.45) is 0. The van der Waals surface area contributed by atoms with Crippen molar-refractivity contribution in [3.63, 3.8) is 0 Å². The highest BCUT2D eigenvalue weighted by atomic mass is 16.1. The Kier molecular flexibility index (Phi) is 4.45. The summed E-state index contributed by atoms with van der Waals surface area (Å²) in [5.41, 5.74) is 1.93. The molecule has 0 saturated heterocycles. The fourth-order valence-electron chi connectivity index (χ4n) is 1.55. The highest BCUT2D eigenvalue weighted by molar-refractivity contribution is 5.95. The number of anilines is 1. The molecule has 0 aliphatic carbocycles. The Morgan fingerprint density at radius 1 is 1.33 bits per heavy atom. The molecule has 0 radical (unpaired) electrons. The summed E-state index contributed by atoms with van der Waals surface area (Å²) in [5.74, 6) is -1.06. The van der Waals surface area contributed by atoms with Crippen LogP contribution in [-0.2, 0) is 4.79 Å². The second-order valence-corrected chi connectivity index (χ2v) is 4.48. The molecule has 18 heavy (non-hydrogen) atoms. The second kappa shape index (κ2) is 5.84. The molecule has 1 unspecified atom stereocenters. The fraction of sp³-hybridized carbons (Fsp3) is 0.357. The van der Waals surface area contributed by atoms with Crippen molar-refractivity contribution in [2.24, 2.45) is 11.8 Å². The van der Waals surface area contributed by atoms with Crippen LogP contribution in [0.4, 0.5) is 5.69 Å². The average molecular weight is 241 g/mol. The highest BCUT2D eigenvalue weighted by Gasteiger charge is 2.22. The lowest BCUT2D eigenvalue weighted by Gasteiger charge is -2.14. The van der Waals surface area contributed by atoms with Gasteiger partial charge in [-0.2, -0.15) is 10.5 Å². The summed E-state index contributed by atoms with van der Waals surface area (Å²) in [5, 5.41) is 20.5. The Balaban J connectivity index is 2.95. The largest absolute Gasteiger partial charge is 0.325 e. The van der Waals surface area contributed by atoms with Gasteiger partial charge >= 0.3 is 0 Å². The van der Waals surface area contributed by atoms with Crippen LogP contribution < -0.4 is 5.32 Å².